The smallest absolute Gasteiger partial charge is 0.274 e. The third-order valence-electron chi connectivity index (χ3n) is 3.71. The molecule has 0 aromatic carbocycles. The third-order valence-corrected chi connectivity index (χ3v) is 5.10. The average Bonchev–Trinajstić information content (AvgIpc) is 2.85. The van der Waals surface area contributed by atoms with Crippen molar-refractivity contribution in [3.63, 3.8) is 0 Å². The van der Waals surface area contributed by atoms with Crippen molar-refractivity contribution in [1.29, 1.82) is 0 Å². The standard InChI is InChI=1S/C14H24N2O3S/c1-3-15-10-13-7-8-14(19-13)20(17,18)16-12-6-4-5-11(2)9-12/h7-8,11-12,15-16H,3-6,9-10H2,1-2H3. The van der Waals surface area contributed by atoms with E-state index in [0.717, 1.165) is 25.8 Å². The molecule has 0 spiro atoms. The van der Waals surface area contributed by atoms with Gasteiger partial charge in [-0.1, -0.05) is 26.7 Å². The molecule has 2 rings (SSSR count). The molecule has 5 nitrogen and oxygen atoms in total. The van der Waals surface area contributed by atoms with E-state index < -0.39 is 10.0 Å². The van der Waals surface area contributed by atoms with Crippen LogP contribution in [0.3, 0.4) is 0 Å². The van der Waals surface area contributed by atoms with Gasteiger partial charge in [-0.3, -0.25) is 0 Å². The predicted molar refractivity (Wildman–Crippen MR) is 77.8 cm³/mol. The number of rotatable bonds is 6. The van der Waals surface area contributed by atoms with Crippen molar-refractivity contribution < 1.29 is 12.8 Å². The Balaban J connectivity index is 2.00. The fourth-order valence-corrected chi connectivity index (χ4v) is 3.90. The molecule has 2 N–H and O–H groups in total. The second-order valence-electron chi connectivity index (χ2n) is 5.59. The summed E-state index contributed by atoms with van der Waals surface area (Å²) in [4.78, 5) is 0. The molecule has 114 valence electrons. The van der Waals surface area contributed by atoms with E-state index in [1.165, 1.54) is 12.5 Å². The van der Waals surface area contributed by atoms with Crippen molar-refractivity contribution in [3.8, 4) is 0 Å². The van der Waals surface area contributed by atoms with E-state index in [1.807, 2.05) is 6.92 Å². The highest BCUT2D eigenvalue weighted by atomic mass is 32.2. The highest BCUT2D eigenvalue weighted by molar-refractivity contribution is 7.89. The summed E-state index contributed by atoms with van der Waals surface area (Å²) in [6, 6.07) is 3.27. The van der Waals surface area contributed by atoms with E-state index in [0.29, 0.717) is 18.2 Å². The molecule has 1 aliphatic rings. The van der Waals surface area contributed by atoms with Gasteiger partial charge in [0.25, 0.3) is 10.0 Å². The van der Waals surface area contributed by atoms with Crippen LogP contribution in [0.1, 0.15) is 45.3 Å². The molecule has 2 atom stereocenters. The molecule has 0 amide bonds. The summed E-state index contributed by atoms with van der Waals surface area (Å²) in [7, 11) is -3.53. The predicted octanol–water partition coefficient (Wildman–Crippen LogP) is 2.25. The van der Waals surface area contributed by atoms with Gasteiger partial charge in [0, 0.05) is 6.04 Å². The molecule has 0 saturated heterocycles. The highest BCUT2D eigenvalue weighted by Gasteiger charge is 2.26. The van der Waals surface area contributed by atoms with Crippen LogP contribution < -0.4 is 10.0 Å². The molecule has 1 fully saturated rings. The van der Waals surface area contributed by atoms with Crippen LogP contribution >= 0.6 is 0 Å². The number of hydrogen-bond donors (Lipinski definition) is 2. The lowest BCUT2D eigenvalue weighted by molar-refractivity contribution is 0.324. The minimum Gasteiger partial charge on any atom is -0.447 e. The van der Waals surface area contributed by atoms with Crippen molar-refractivity contribution in [1.82, 2.24) is 10.0 Å². The third kappa shape index (κ3) is 4.07. The lowest BCUT2D eigenvalue weighted by Gasteiger charge is -2.26. The Morgan fingerprint density at radius 3 is 2.85 bits per heavy atom. The zero-order valence-corrected chi connectivity index (χ0v) is 13.0. The number of hydrogen-bond acceptors (Lipinski definition) is 4. The van der Waals surface area contributed by atoms with Gasteiger partial charge in [-0.05, 0) is 37.4 Å². The van der Waals surface area contributed by atoms with Crippen molar-refractivity contribution >= 4 is 10.0 Å². The first-order valence-electron chi connectivity index (χ1n) is 7.33. The fraction of sp³-hybridized carbons (Fsp3) is 0.714. The van der Waals surface area contributed by atoms with Gasteiger partial charge in [-0.25, -0.2) is 13.1 Å². The van der Waals surface area contributed by atoms with Crippen LogP contribution in [0.5, 0.6) is 0 Å². The SMILES string of the molecule is CCNCc1ccc(S(=O)(=O)NC2CCCC(C)C2)o1. The molecule has 2 unspecified atom stereocenters. The van der Waals surface area contributed by atoms with E-state index in [-0.39, 0.29) is 11.1 Å². The van der Waals surface area contributed by atoms with Crippen molar-refractivity contribution in [3.05, 3.63) is 17.9 Å². The quantitative estimate of drug-likeness (QED) is 0.845. The molecule has 1 heterocycles. The van der Waals surface area contributed by atoms with E-state index in [1.54, 1.807) is 6.07 Å². The Bertz CT molecular complexity index is 524. The summed E-state index contributed by atoms with van der Waals surface area (Å²) in [5.74, 6) is 1.22. The van der Waals surface area contributed by atoms with Crippen LogP contribution in [0.2, 0.25) is 0 Å². The molecular formula is C14H24N2O3S. The normalized spacial score (nSPS) is 23.9. The van der Waals surface area contributed by atoms with Gasteiger partial charge in [0.2, 0.25) is 5.09 Å². The van der Waals surface area contributed by atoms with Crippen LogP contribution in [0, 0.1) is 5.92 Å². The largest absolute Gasteiger partial charge is 0.447 e. The van der Waals surface area contributed by atoms with Crippen LogP contribution in [-0.4, -0.2) is 21.0 Å². The van der Waals surface area contributed by atoms with Crippen molar-refractivity contribution in [2.75, 3.05) is 6.54 Å². The Kier molecular flexibility index (Phi) is 5.23. The molecule has 0 radical (unpaired) electrons. The van der Waals surface area contributed by atoms with Gasteiger partial charge in [0.05, 0.1) is 6.54 Å². The molecule has 20 heavy (non-hydrogen) atoms. The minimum atomic E-state index is -3.53. The number of sulfonamides is 1. The van der Waals surface area contributed by atoms with Crippen LogP contribution in [0.4, 0.5) is 0 Å². The van der Waals surface area contributed by atoms with Gasteiger partial charge in [-0.2, -0.15) is 0 Å². The maximum absolute atomic E-state index is 12.3. The van der Waals surface area contributed by atoms with Gasteiger partial charge in [0.15, 0.2) is 0 Å². The second kappa shape index (κ2) is 6.74. The summed E-state index contributed by atoms with van der Waals surface area (Å²) < 4.78 is 32.7. The molecule has 1 saturated carbocycles. The van der Waals surface area contributed by atoms with Gasteiger partial charge < -0.3 is 9.73 Å². The maximum atomic E-state index is 12.3. The van der Waals surface area contributed by atoms with Gasteiger partial charge in [-0.15, -0.1) is 0 Å². The number of furan rings is 1. The summed E-state index contributed by atoms with van der Waals surface area (Å²) in [6.07, 6.45) is 4.09. The van der Waals surface area contributed by atoms with Crippen molar-refractivity contribution in [2.24, 2.45) is 5.92 Å². The Hall–Kier alpha value is -0.850. The summed E-state index contributed by atoms with van der Waals surface area (Å²) in [6.45, 7) is 5.53. The first-order valence-corrected chi connectivity index (χ1v) is 8.81. The number of nitrogens with one attached hydrogen (secondary N) is 2. The van der Waals surface area contributed by atoms with Crippen molar-refractivity contribution in [2.45, 2.75) is 57.2 Å². The molecule has 1 aromatic rings. The second-order valence-corrected chi connectivity index (χ2v) is 7.24. The summed E-state index contributed by atoms with van der Waals surface area (Å²) in [5.41, 5.74) is 0. The molecule has 0 aliphatic heterocycles. The topological polar surface area (TPSA) is 71.3 Å². The summed E-state index contributed by atoms with van der Waals surface area (Å²) >= 11 is 0. The first kappa shape index (κ1) is 15.5. The van der Waals surface area contributed by atoms with Gasteiger partial charge in [0.1, 0.15) is 5.76 Å². The van der Waals surface area contributed by atoms with Crippen LogP contribution in [0.15, 0.2) is 21.6 Å². The van der Waals surface area contributed by atoms with E-state index >= 15 is 0 Å². The van der Waals surface area contributed by atoms with Gasteiger partial charge >= 0.3 is 0 Å². The van der Waals surface area contributed by atoms with E-state index in [9.17, 15) is 8.42 Å². The molecule has 0 bridgehead atoms. The monoisotopic (exact) mass is 300 g/mol. The molecule has 6 heteroatoms. The molecular weight excluding hydrogens is 276 g/mol. The lowest BCUT2D eigenvalue weighted by Crippen LogP contribution is -2.37. The van der Waals surface area contributed by atoms with E-state index in [4.69, 9.17) is 4.42 Å². The van der Waals surface area contributed by atoms with E-state index in [2.05, 4.69) is 17.0 Å². The fourth-order valence-electron chi connectivity index (χ4n) is 2.66. The van der Waals surface area contributed by atoms with Crippen LogP contribution in [-0.2, 0) is 16.6 Å². The molecule has 1 aliphatic carbocycles. The highest BCUT2D eigenvalue weighted by Crippen LogP contribution is 2.25. The molecule has 1 aromatic heterocycles. The van der Waals surface area contributed by atoms with Crippen LogP contribution in [0.25, 0.3) is 0 Å². The summed E-state index contributed by atoms with van der Waals surface area (Å²) in [5, 5.41) is 3.12. The maximum Gasteiger partial charge on any atom is 0.274 e. The first-order chi connectivity index (χ1) is 9.51. The zero-order valence-electron chi connectivity index (χ0n) is 12.2. The zero-order chi connectivity index (χ0) is 14.6. The average molecular weight is 300 g/mol. The Morgan fingerprint density at radius 2 is 2.15 bits per heavy atom. The minimum absolute atomic E-state index is 0.0172. The Labute approximate surface area is 121 Å². The Morgan fingerprint density at radius 1 is 1.35 bits per heavy atom. The lowest BCUT2D eigenvalue weighted by atomic mass is 9.88.